The maximum absolute atomic E-state index is 4.26. The first-order valence-corrected chi connectivity index (χ1v) is 5.71. The van der Waals surface area contributed by atoms with Gasteiger partial charge in [-0.3, -0.25) is 0 Å². The first kappa shape index (κ1) is 11.4. The summed E-state index contributed by atoms with van der Waals surface area (Å²) >= 11 is 1.43. The fraction of sp³-hybridized carbons (Fsp3) is 0.800. The molecule has 3 nitrogen and oxygen atoms in total. The molecule has 1 N–H and O–H groups in total. The van der Waals surface area contributed by atoms with Crippen LogP contribution in [0.15, 0.2) is 0 Å². The first-order valence-electron chi connectivity index (χ1n) is 4.94. The van der Waals surface area contributed by atoms with Gasteiger partial charge in [-0.15, -0.1) is 0 Å². The van der Waals surface area contributed by atoms with Crippen molar-refractivity contribution in [2.45, 2.75) is 34.6 Å². The molecule has 4 heteroatoms. The molecule has 1 atom stereocenters. The first-order chi connectivity index (χ1) is 6.39. The van der Waals surface area contributed by atoms with E-state index < -0.39 is 0 Å². The number of nitrogens with one attached hydrogen (secondary N) is 1. The van der Waals surface area contributed by atoms with Gasteiger partial charge < -0.3 is 5.32 Å². The predicted molar refractivity (Wildman–Crippen MR) is 61.8 cm³/mol. The molecule has 80 valence electrons. The molecule has 0 aliphatic carbocycles. The van der Waals surface area contributed by atoms with Crippen LogP contribution in [0.5, 0.6) is 0 Å². The number of aryl methyl sites for hydroxylation is 1. The SMILES string of the molecule is Cc1nsc(NCC(C)C(C)(C)C)n1. The zero-order chi connectivity index (χ0) is 10.8. The number of anilines is 1. The van der Waals surface area contributed by atoms with Crippen LogP contribution in [0, 0.1) is 18.3 Å². The van der Waals surface area contributed by atoms with Gasteiger partial charge in [0, 0.05) is 18.1 Å². The van der Waals surface area contributed by atoms with Crippen molar-refractivity contribution >= 4 is 16.7 Å². The molecule has 1 aromatic heterocycles. The Hall–Kier alpha value is -0.640. The lowest BCUT2D eigenvalue weighted by Crippen LogP contribution is -2.24. The van der Waals surface area contributed by atoms with Crippen LogP contribution >= 0.6 is 11.5 Å². The molecule has 0 spiro atoms. The molecule has 14 heavy (non-hydrogen) atoms. The van der Waals surface area contributed by atoms with E-state index >= 15 is 0 Å². The highest BCUT2D eigenvalue weighted by atomic mass is 32.1. The van der Waals surface area contributed by atoms with E-state index in [1.165, 1.54) is 11.5 Å². The van der Waals surface area contributed by atoms with Gasteiger partial charge in [0.15, 0.2) is 0 Å². The van der Waals surface area contributed by atoms with Crippen LogP contribution in [-0.2, 0) is 0 Å². The summed E-state index contributed by atoms with van der Waals surface area (Å²) in [6, 6.07) is 0. The summed E-state index contributed by atoms with van der Waals surface area (Å²) < 4.78 is 4.12. The topological polar surface area (TPSA) is 37.8 Å². The fourth-order valence-electron chi connectivity index (χ4n) is 0.915. The average molecular weight is 213 g/mol. The summed E-state index contributed by atoms with van der Waals surface area (Å²) in [6.07, 6.45) is 0. The smallest absolute Gasteiger partial charge is 0.202 e. The summed E-state index contributed by atoms with van der Waals surface area (Å²) in [5, 5.41) is 4.25. The molecule has 1 aromatic rings. The largest absolute Gasteiger partial charge is 0.360 e. The summed E-state index contributed by atoms with van der Waals surface area (Å²) in [5.74, 6) is 1.47. The van der Waals surface area contributed by atoms with Crippen molar-refractivity contribution in [3.05, 3.63) is 5.82 Å². The molecule has 1 rings (SSSR count). The Labute approximate surface area is 90.1 Å². The lowest BCUT2D eigenvalue weighted by Gasteiger charge is -2.27. The number of hydrogen-bond donors (Lipinski definition) is 1. The van der Waals surface area contributed by atoms with Crippen LogP contribution in [0.4, 0.5) is 5.13 Å². The Kier molecular flexibility index (Phi) is 3.48. The summed E-state index contributed by atoms with van der Waals surface area (Å²) in [4.78, 5) is 4.26. The maximum atomic E-state index is 4.26. The Morgan fingerprint density at radius 3 is 2.50 bits per heavy atom. The third-order valence-corrected chi connectivity index (χ3v) is 3.33. The molecule has 0 aliphatic heterocycles. The van der Waals surface area contributed by atoms with Crippen molar-refractivity contribution in [1.82, 2.24) is 9.36 Å². The molecule has 0 radical (unpaired) electrons. The van der Waals surface area contributed by atoms with Crippen LogP contribution in [0.1, 0.15) is 33.5 Å². The van der Waals surface area contributed by atoms with Crippen molar-refractivity contribution in [3.63, 3.8) is 0 Å². The van der Waals surface area contributed by atoms with E-state index in [4.69, 9.17) is 0 Å². The van der Waals surface area contributed by atoms with Gasteiger partial charge in [0.1, 0.15) is 5.82 Å². The van der Waals surface area contributed by atoms with Crippen molar-refractivity contribution in [3.8, 4) is 0 Å². The Balaban J connectivity index is 2.41. The fourth-order valence-corrected chi connectivity index (χ4v) is 1.50. The van der Waals surface area contributed by atoms with Crippen molar-refractivity contribution in [2.24, 2.45) is 11.3 Å². The Bertz CT molecular complexity index is 288. The van der Waals surface area contributed by atoms with E-state index in [-0.39, 0.29) is 0 Å². The van der Waals surface area contributed by atoms with E-state index in [2.05, 4.69) is 42.4 Å². The second-order valence-electron chi connectivity index (χ2n) is 4.79. The standard InChI is InChI=1S/C10H19N3S/c1-7(10(3,4)5)6-11-9-12-8(2)13-14-9/h7H,6H2,1-5H3,(H,11,12,13). The Morgan fingerprint density at radius 2 is 2.07 bits per heavy atom. The highest BCUT2D eigenvalue weighted by molar-refractivity contribution is 7.09. The molecular formula is C10H19N3S. The molecule has 0 saturated heterocycles. The van der Waals surface area contributed by atoms with Crippen LogP contribution < -0.4 is 5.32 Å². The minimum atomic E-state index is 0.340. The maximum Gasteiger partial charge on any atom is 0.202 e. The van der Waals surface area contributed by atoms with Gasteiger partial charge in [0.25, 0.3) is 0 Å². The highest BCUT2D eigenvalue weighted by Gasteiger charge is 2.19. The van der Waals surface area contributed by atoms with Gasteiger partial charge in [-0.05, 0) is 18.3 Å². The Morgan fingerprint density at radius 1 is 1.43 bits per heavy atom. The summed E-state index contributed by atoms with van der Waals surface area (Å²) in [5.41, 5.74) is 0.340. The third kappa shape index (κ3) is 3.25. The summed E-state index contributed by atoms with van der Waals surface area (Å²) in [7, 11) is 0. The molecule has 1 heterocycles. The second-order valence-corrected chi connectivity index (χ2v) is 5.55. The third-order valence-electron chi connectivity index (χ3n) is 2.57. The predicted octanol–water partition coefficient (Wildman–Crippen LogP) is 2.94. The van der Waals surface area contributed by atoms with Crippen LogP contribution in [0.25, 0.3) is 0 Å². The quantitative estimate of drug-likeness (QED) is 0.839. The zero-order valence-corrected chi connectivity index (χ0v) is 10.4. The normalized spacial score (nSPS) is 14.1. The second kappa shape index (κ2) is 4.26. The molecule has 0 amide bonds. The van der Waals surface area contributed by atoms with E-state index in [1.54, 1.807) is 0 Å². The van der Waals surface area contributed by atoms with E-state index in [0.29, 0.717) is 11.3 Å². The zero-order valence-electron chi connectivity index (χ0n) is 9.59. The number of hydrogen-bond acceptors (Lipinski definition) is 4. The van der Waals surface area contributed by atoms with Crippen LogP contribution in [0.3, 0.4) is 0 Å². The van der Waals surface area contributed by atoms with E-state index in [1.807, 2.05) is 6.92 Å². The lowest BCUT2D eigenvalue weighted by molar-refractivity contribution is 0.274. The molecular weight excluding hydrogens is 194 g/mol. The van der Waals surface area contributed by atoms with Gasteiger partial charge in [-0.25, -0.2) is 4.98 Å². The van der Waals surface area contributed by atoms with Gasteiger partial charge in [0.05, 0.1) is 0 Å². The van der Waals surface area contributed by atoms with Gasteiger partial charge >= 0.3 is 0 Å². The van der Waals surface area contributed by atoms with Crippen molar-refractivity contribution in [2.75, 3.05) is 11.9 Å². The average Bonchev–Trinajstić information content (AvgIpc) is 2.45. The van der Waals surface area contributed by atoms with Gasteiger partial charge in [-0.2, -0.15) is 4.37 Å². The highest BCUT2D eigenvalue weighted by Crippen LogP contribution is 2.25. The van der Waals surface area contributed by atoms with E-state index in [0.717, 1.165) is 17.5 Å². The molecule has 0 bridgehead atoms. The van der Waals surface area contributed by atoms with Crippen molar-refractivity contribution < 1.29 is 0 Å². The van der Waals surface area contributed by atoms with Crippen molar-refractivity contribution in [1.29, 1.82) is 0 Å². The van der Waals surface area contributed by atoms with Crippen LogP contribution in [0.2, 0.25) is 0 Å². The van der Waals surface area contributed by atoms with E-state index in [9.17, 15) is 0 Å². The molecule has 0 fully saturated rings. The molecule has 0 aliphatic rings. The van der Waals surface area contributed by atoms with Crippen LogP contribution in [-0.4, -0.2) is 15.9 Å². The summed E-state index contributed by atoms with van der Waals surface area (Å²) in [6.45, 7) is 11.9. The minimum absolute atomic E-state index is 0.340. The number of aromatic nitrogens is 2. The molecule has 0 aromatic carbocycles. The number of rotatable bonds is 3. The van der Waals surface area contributed by atoms with Gasteiger partial charge in [-0.1, -0.05) is 27.7 Å². The monoisotopic (exact) mass is 213 g/mol. The molecule has 0 saturated carbocycles. The lowest BCUT2D eigenvalue weighted by atomic mass is 9.82. The van der Waals surface area contributed by atoms with Gasteiger partial charge in [0.2, 0.25) is 5.13 Å². The number of nitrogens with zero attached hydrogens (tertiary/aromatic N) is 2. The molecule has 1 unspecified atom stereocenters. The minimum Gasteiger partial charge on any atom is -0.360 e.